The van der Waals surface area contributed by atoms with Crippen LogP contribution in [-0.4, -0.2) is 29.2 Å². The highest BCUT2D eigenvalue weighted by Gasteiger charge is 2.20. The van der Waals surface area contributed by atoms with Crippen molar-refractivity contribution in [2.75, 3.05) is 19.7 Å². The molecule has 0 atom stereocenters. The fourth-order valence-corrected chi connectivity index (χ4v) is 3.10. The van der Waals surface area contributed by atoms with Crippen LogP contribution in [-0.2, 0) is 17.9 Å². The third-order valence-corrected chi connectivity index (χ3v) is 4.36. The summed E-state index contributed by atoms with van der Waals surface area (Å²) in [5, 5.41) is 3.42. The van der Waals surface area contributed by atoms with Crippen LogP contribution in [0.3, 0.4) is 0 Å². The second-order valence-electron chi connectivity index (χ2n) is 5.97. The Morgan fingerprint density at radius 1 is 1.23 bits per heavy atom. The smallest absolute Gasteiger partial charge is 0.112 e. The van der Waals surface area contributed by atoms with E-state index < -0.39 is 0 Å². The van der Waals surface area contributed by atoms with Crippen molar-refractivity contribution in [3.8, 4) is 0 Å². The van der Waals surface area contributed by atoms with Crippen LogP contribution in [0.25, 0.3) is 0 Å². The highest BCUT2D eigenvalue weighted by Crippen LogP contribution is 2.24. The second kappa shape index (κ2) is 7.56. The number of aromatic nitrogens is 2. The van der Waals surface area contributed by atoms with Gasteiger partial charge in [0, 0.05) is 24.4 Å². The number of hydrogen-bond acceptors (Lipinski definition) is 3. The van der Waals surface area contributed by atoms with Crippen molar-refractivity contribution in [3.05, 3.63) is 53.6 Å². The quantitative estimate of drug-likeness (QED) is 0.834. The predicted octanol–water partition coefficient (Wildman–Crippen LogP) is 2.88. The van der Waals surface area contributed by atoms with E-state index >= 15 is 0 Å². The lowest BCUT2D eigenvalue weighted by molar-refractivity contribution is 0.112. The van der Waals surface area contributed by atoms with Crippen molar-refractivity contribution >= 4 is 0 Å². The van der Waals surface area contributed by atoms with Crippen molar-refractivity contribution in [3.63, 3.8) is 0 Å². The Kier molecular flexibility index (Phi) is 5.24. The first-order valence-electron chi connectivity index (χ1n) is 8.19. The molecule has 1 aromatic carbocycles. The molecule has 118 valence electrons. The van der Waals surface area contributed by atoms with Gasteiger partial charge < -0.3 is 14.6 Å². The lowest BCUT2D eigenvalue weighted by Crippen LogP contribution is -2.28. The first-order chi connectivity index (χ1) is 10.8. The lowest BCUT2D eigenvalue weighted by Gasteiger charge is -2.23. The number of nitrogens with zero attached hydrogens (tertiary/aromatic N) is 2. The molecule has 0 spiro atoms. The van der Waals surface area contributed by atoms with Crippen LogP contribution in [0.15, 0.2) is 36.5 Å². The minimum atomic E-state index is 0.587. The molecule has 4 nitrogen and oxygen atoms in total. The minimum Gasteiger partial charge on any atom is -0.375 e. The summed E-state index contributed by atoms with van der Waals surface area (Å²) in [5.41, 5.74) is 2.46. The highest BCUT2D eigenvalue weighted by molar-refractivity contribution is 5.13. The highest BCUT2D eigenvalue weighted by atomic mass is 16.5. The maximum atomic E-state index is 5.83. The number of aryl methyl sites for hydroxylation is 1. The lowest BCUT2D eigenvalue weighted by atomic mass is 9.97. The van der Waals surface area contributed by atoms with Crippen molar-refractivity contribution in [1.82, 2.24) is 14.9 Å². The molecule has 1 saturated heterocycles. The molecule has 0 saturated carbocycles. The second-order valence-corrected chi connectivity index (χ2v) is 5.97. The van der Waals surface area contributed by atoms with Crippen molar-refractivity contribution in [2.24, 2.45) is 0 Å². The zero-order valence-electron chi connectivity index (χ0n) is 13.3. The molecule has 1 fully saturated rings. The molecule has 0 bridgehead atoms. The third kappa shape index (κ3) is 3.76. The number of hydrogen-bond donors (Lipinski definition) is 1. The van der Waals surface area contributed by atoms with E-state index in [2.05, 4.69) is 33.9 Å². The van der Waals surface area contributed by atoms with Crippen LogP contribution in [0.4, 0.5) is 0 Å². The largest absolute Gasteiger partial charge is 0.375 e. The number of piperidine rings is 1. The predicted molar refractivity (Wildman–Crippen MR) is 87.9 cm³/mol. The molecule has 1 aliphatic rings. The molecule has 1 aliphatic heterocycles. The zero-order valence-corrected chi connectivity index (χ0v) is 13.3. The van der Waals surface area contributed by atoms with Gasteiger partial charge in [-0.3, -0.25) is 0 Å². The van der Waals surface area contributed by atoms with Crippen molar-refractivity contribution < 1.29 is 4.74 Å². The molecule has 0 radical (unpaired) electrons. The summed E-state index contributed by atoms with van der Waals surface area (Å²) in [7, 11) is 0. The van der Waals surface area contributed by atoms with Gasteiger partial charge in [-0.15, -0.1) is 0 Å². The third-order valence-electron chi connectivity index (χ3n) is 4.36. The van der Waals surface area contributed by atoms with Gasteiger partial charge in [-0.05, 0) is 38.4 Å². The molecule has 3 rings (SSSR count). The van der Waals surface area contributed by atoms with Crippen LogP contribution in [0.5, 0.6) is 0 Å². The fraction of sp³-hybridized carbons (Fsp3) is 0.500. The molecule has 1 aromatic heterocycles. The van der Waals surface area contributed by atoms with Gasteiger partial charge in [0.05, 0.1) is 13.2 Å². The Labute approximate surface area is 132 Å². The Morgan fingerprint density at radius 3 is 2.77 bits per heavy atom. The number of nitrogens with one attached hydrogen (secondary N) is 1. The van der Waals surface area contributed by atoms with Gasteiger partial charge in [0.15, 0.2) is 0 Å². The molecular weight excluding hydrogens is 274 g/mol. The molecule has 0 aliphatic carbocycles. The average Bonchev–Trinajstić information content (AvgIpc) is 2.94. The van der Waals surface area contributed by atoms with E-state index in [9.17, 15) is 0 Å². The van der Waals surface area contributed by atoms with Crippen LogP contribution < -0.4 is 5.32 Å². The van der Waals surface area contributed by atoms with Gasteiger partial charge in [0.2, 0.25) is 0 Å². The zero-order chi connectivity index (χ0) is 15.2. The van der Waals surface area contributed by atoms with Gasteiger partial charge in [0.25, 0.3) is 0 Å². The summed E-state index contributed by atoms with van der Waals surface area (Å²) in [6.07, 6.45) is 4.36. The number of ether oxygens (including phenoxy) is 1. The topological polar surface area (TPSA) is 39.1 Å². The Balaban J connectivity index is 1.54. The van der Waals surface area contributed by atoms with Gasteiger partial charge in [-0.2, -0.15) is 0 Å². The van der Waals surface area contributed by atoms with E-state index in [-0.39, 0.29) is 0 Å². The monoisotopic (exact) mass is 299 g/mol. The molecule has 0 unspecified atom stereocenters. The maximum Gasteiger partial charge on any atom is 0.112 e. The molecule has 0 amide bonds. The van der Waals surface area contributed by atoms with Gasteiger partial charge in [0.1, 0.15) is 5.82 Å². The van der Waals surface area contributed by atoms with E-state index in [1.165, 1.54) is 29.9 Å². The average molecular weight is 299 g/mol. The molecular formula is C18H25N3O. The van der Waals surface area contributed by atoms with Crippen molar-refractivity contribution in [1.29, 1.82) is 0 Å². The maximum absolute atomic E-state index is 5.83. The summed E-state index contributed by atoms with van der Waals surface area (Å²) >= 11 is 0. The van der Waals surface area contributed by atoms with E-state index in [0.29, 0.717) is 12.5 Å². The van der Waals surface area contributed by atoms with E-state index in [1.807, 2.05) is 24.4 Å². The van der Waals surface area contributed by atoms with Crippen LogP contribution in [0, 0.1) is 6.92 Å². The minimum absolute atomic E-state index is 0.587. The number of benzene rings is 1. The Hall–Kier alpha value is -1.65. The number of rotatable bonds is 6. The Bertz CT molecular complexity index is 573. The van der Waals surface area contributed by atoms with Gasteiger partial charge in [-0.25, -0.2) is 4.98 Å². The molecule has 22 heavy (non-hydrogen) atoms. The fourth-order valence-electron chi connectivity index (χ4n) is 3.10. The molecule has 2 aromatic rings. The van der Waals surface area contributed by atoms with Crippen molar-refractivity contribution in [2.45, 2.75) is 38.8 Å². The van der Waals surface area contributed by atoms with Gasteiger partial charge in [-0.1, -0.05) is 30.3 Å². The first-order valence-corrected chi connectivity index (χ1v) is 8.19. The van der Waals surface area contributed by atoms with E-state index in [4.69, 9.17) is 4.74 Å². The number of imidazole rings is 1. The summed E-state index contributed by atoms with van der Waals surface area (Å²) in [6, 6.07) is 10.3. The summed E-state index contributed by atoms with van der Waals surface area (Å²) in [4.78, 5) is 4.66. The van der Waals surface area contributed by atoms with E-state index in [0.717, 1.165) is 26.2 Å². The SMILES string of the molecule is Cc1cnc(C2CCNCC2)n1CCOCc1ccccc1. The van der Waals surface area contributed by atoms with Crippen LogP contribution in [0.1, 0.15) is 35.8 Å². The summed E-state index contributed by atoms with van der Waals surface area (Å²) in [6.45, 7) is 6.62. The Morgan fingerprint density at radius 2 is 2.00 bits per heavy atom. The molecule has 1 N–H and O–H groups in total. The molecule has 2 heterocycles. The van der Waals surface area contributed by atoms with Crippen LogP contribution in [0.2, 0.25) is 0 Å². The standard InChI is InChI=1S/C18H25N3O/c1-15-13-20-18(17-7-9-19-10-8-17)21(15)11-12-22-14-16-5-3-2-4-6-16/h2-6,13,17,19H,7-12,14H2,1H3. The summed E-state index contributed by atoms with van der Waals surface area (Å²) in [5.74, 6) is 1.83. The molecule has 4 heteroatoms. The summed E-state index contributed by atoms with van der Waals surface area (Å²) < 4.78 is 8.16. The van der Waals surface area contributed by atoms with Crippen LogP contribution >= 0.6 is 0 Å². The first kappa shape index (κ1) is 15.3. The van der Waals surface area contributed by atoms with E-state index in [1.54, 1.807) is 0 Å². The van der Waals surface area contributed by atoms with Gasteiger partial charge >= 0.3 is 0 Å². The normalized spacial score (nSPS) is 16.0.